The molecule has 0 radical (unpaired) electrons. The molecule has 3 heterocycles. The molecule has 1 amide bonds. The minimum atomic E-state index is -0.385. The number of anilines is 1. The largest absolute Gasteiger partial charge is 0.445 e. The Hall–Kier alpha value is -3.06. The van der Waals surface area contributed by atoms with E-state index in [0.717, 1.165) is 72.2 Å². The van der Waals surface area contributed by atoms with Crippen LogP contribution in [0.4, 0.5) is 10.5 Å². The lowest BCUT2D eigenvalue weighted by Gasteiger charge is -2.24. The van der Waals surface area contributed by atoms with Crippen molar-refractivity contribution in [2.75, 3.05) is 31.6 Å². The van der Waals surface area contributed by atoms with Crippen molar-refractivity contribution >= 4 is 22.7 Å². The summed E-state index contributed by atoms with van der Waals surface area (Å²) in [6, 6.07) is 14.6. The van der Waals surface area contributed by atoms with Crippen LogP contribution in [-0.2, 0) is 16.1 Å². The minimum absolute atomic E-state index is 0.0330. The lowest BCUT2D eigenvalue weighted by Crippen LogP contribution is -2.28. The first-order valence-corrected chi connectivity index (χ1v) is 11.0. The molecule has 7 heteroatoms. The maximum absolute atomic E-state index is 12.0. The molecule has 1 aromatic heterocycles. The molecular weight excluding hydrogens is 392 g/mol. The van der Waals surface area contributed by atoms with Crippen molar-refractivity contribution in [3.63, 3.8) is 0 Å². The van der Waals surface area contributed by atoms with Crippen LogP contribution in [0.3, 0.4) is 0 Å². The summed E-state index contributed by atoms with van der Waals surface area (Å²) in [7, 11) is 2.08. The monoisotopic (exact) mass is 420 g/mol. The van der Waals surface area contributed by atoms with E-state index >= 15 is 0 Å². The molecule has 1 atom stereocenters. The van der Waals surface area contributed by atoms with E-state index in [2.05, 4.69) is 47.6 Å². The van der Waals surface area contributed by atoms with Gasteiger partial charge in [-0.3, -0.25) is 0 Å². The molecule has 2 aliphatic rings. The summed E-state index contributed by atoms with van der Waals surface area (Å²) in [6.07, 6.45) is 3.64. The molecule has 0 aliphatic carbocycles. The maximum Gasteiger partial charge on any atom is 0.407 e. The number of ether oxygens (including phenoxy) is 2. The lowest BCUT2D eigenvalue weighted by molar-refractivity contribution is -0.0365. The highest BCUT2D eigenvalue weighted by atomic mass is 16.5. The van der Waals surface area contributed by atoms with Crippen LogP contribution in [0.2, 0.25) is 0 Å². The smallest absolute Gasteiger partial charge is 0.407 e. The second kappa shape index (κ2) is 8.59. The Morgan fingerprint density at radius 3 is 2.94 bits per heavy atom. The molecular formula is C24H28N4O3. The van der Waals surface area contributed by atoms with E-state index in [1.807, 2.05) is 16.8 Å². The summed E-state index contributed by atoms with van der Waals surface area (Å²) in [6.45, 7) is 2.41. The van der Waals surface area contributed by atoms with Gasteiger partial charge in [0.25, 0.3) is 0 Å². The Balaban J connectivity index is 1.64. The van der Waals surface area contributed by atoms with Gasteiger partial charge in [-0.15, -0.1) is 0 Å². The zero-order valence-electron chi connectivity index (χ0n) is 17.8. The van der Waals surface area contributed by atoms with Gasteiger partial charge in [-0.25, -0.2) is 9.48 Å². The van der Waals surface area contributed by atoms with Crippen molar-refractivity contribution in [1.29, 1.82) is 0 Å². The van der Waals surface area contributed by atoms with Gasteiger partial charge < -0.3 is 19.7 Å². The summed E-state index contributed by atoms with van der Waals surface area (Å²) in [5.74, 6) is 0. The Kier molecular flexibility index (Phi) is 5.51. The number of rotatable bonds is 1. The summed E-state index contributed by atoms with van der Waals surface area (Å²) in [5.41, 5.74) is 5.09. The molecule has 4 bridgehead atoms. The van der Waals surface area contributed by atoms with Gasteiger partial charge >= 0.3 is 6.09 Å². The molecule has 0 spiro atoms. The van der Waals surface area contributed by atoms with E-state index < -0.39 is 0 Å². The molecule has 1 saturated heterocycles. The van der Waals surface area contributed by atoms with Gasteiger partial charge in [0.2, 0.25) is 0 Å². The third-order valence-corrected chi connectivity index (χ3v) is 6.07. The molecule has 1 fully saturated rings. The van der Waals surface area contributed by atoms with Gasteiger partial charge in [-0.1, -0.05) is 18.2 Å². The number of hydrogen-bond acceptors (Lipinski definition) is 5. The molecule has 5 rings (SSSR count). The van der Waals surface area contributed by atoms with Crippen LogP contribution in [0, 0.1) is 0 Å². The number of hydrogen-bond donors (Lipinski definition) is 1. The predicted molar refractivity (Wildman–Crippen MR) is 120 cm³/mol. The van der Waals surface area contributed by atoms with Crippen LogP contribution in [0.15, 0.2) is 42.5 Å². The molecule has 0 saturated carbocycles. The quantitative estimate of drug-likeness (QED) is 0.629. The number of fused-ring (bicyclic) bond motifs is 4. The fraction of sp³-hybridized carbons (Fsp3) is 0.417. The Morgan fingerprint density at radius 1 is 1.13 bits per heavy atom. The number of alkyl carbamates (subject to hydrolysis) is 1. The maximum atomic E-state index is 12.0. The van der Waals surface area contributed by atoms with E-state index in [1.54, 1.807) is 0 Å². The van der Waals surface area contributed by atoms with Crippen LogP contribution in [-0.4, -0.2) is 42.6 Å². The molecule has 2 aliphatic heterocycles. The van der Waals surface area contributed by atoms with Gasteiger partial charge in [0.05, 0.1) is 5.52 Å². The first kappa shape index (κ1) is 19.9. The van der Waals surface area contributed by atoms with Crippen LogP contribution < -0.4 is 10.2 Å². The number of aromatic nitrogens is 2. The summed E-state index contributed by atoms with van der Waals surface area (Å²) in [4.78, 5) is 14.2. The number of benzene rings is 2. The number of carbonyl (C=O) groups excluding carboxylic acids is 1. The minimum Gasteiger partial charge on any atom is -0.445 e. The Morgan fingerprint density at radius 2 is 2.06 bits per heavy atom. The fourth-order valence-electron chi connectivity index (χ4n) is 4.36. The molecule has 1 unspecified atom stereocenters. The van der Waals surface area contributed by atoms with Crippen molar-refractivity contribution < 1.29 is 14.3 Å². The van der Waals surface area contributed by atoms with Gasteiger partial charge in [-0.05, 0) is 55.5 Å². The van der Waals surface area contributed by atoms with E-state index in [1.165, 1.54) is 0 Å². The molecule has 1 N–H and O–H groups in total. The average Bonchev–Trinajstić information content (AvgIpc) is 3.19. The molecule has 2 aromatic carbocycles. The Labute approximate surface area is 181 Å². The van der Waals surface area contributed by atoms with Crippen LogP contribution in [0.1, 0.15) is 37.5 Å². The normalized spacial score (nSPS) is 20.1. The summed E-state index contributed by atoms with van der Waals surface area (Å²) >= 11 is 0. The van der Waals surface area contributed by atoms with Gasteiger partial charge in [0, 0.05) is 43.4 Å². The van der Waals surface area contributed by atoms with Crippen molar-refractivity contribution in [1.82, 2.24) is 15.1 Å². The van der Waals surface area contributed by atoms with Gasteiger partial charge in [-0.2, -0.15) is 5.10 Å². The lowest BCUT2D eigenvalue weighted by atomic mass is 10.0. The van der Waals surface area contributed by atoms with Crippen LogP contribution >= 0.6 is 0 Å². The first-order valence-electron chi connectivity index (χ1n) is 11.0. The average molecular weight is 421 g/mol. The molecule has 3 aromatic rings. The standard InChI is InChI=1S/C24H28N4O3/c1-27-12-5-11-25-24(29)31-16-17-6-4-7-18(14-17)23-20-15-19(27)9-10-21(20)28(26-23)22-8-2-3-13-30-22/h4,6-7,9-10,14-15,22H,2-3,5,8,11-13,16H2,1H3,(H,25,29). The van der Waals surface area contributed by atoms with E-state index in [0.29, 0.717) is 6.54 Å². The van der Waals surface area contributed by atoms with Crippen molar-refractivity contribution in [3.05, 3.63) is 48.0 Å². The topological polar surface area (TPSA) is 68.6 Å². The fourth-order valence-corrected chi connectivity index (χ4v) is 4.36. The Bertz CT molecular complexity index is 1090. The first-order chi connectivity index (χ1) is 15.2. The van der Waals surface area contributed by atoms with Crippen LogP contribution in [0.25, 0.3) is 22.2 Å². The van der Waals surface area contributed by atoms with Crippen molar-refractivity contribution in [2.45, 2.75) is 38.5 Å². The molecule has 31 heavy (non-hydrogen) atoms. The zero-order chi connectivity index (χ0) is 21.2. The molecule has 7 nitrogen and oxygen atoms in total. The van der Waals surface area contributed by atoms with Gasteiger partial charge in [0.15, 0.2) is 6.23 Å². The third kappa shape index (κ3) is 4.10. The predicted octanol–water partition coefficient (Wildman–Crippen LogP) is 4.47. The highest BCUT2D eigenvalue weighted by Crippen LogP contribution is 2.35. The SMILES string of the molecule is CN1CCCNC(=O)OCc2cccc(c2)-c2nn(C3CCCCO3)c3ccc1cc23. The number of cyclic esters (lactones) is 1. The van der Waals surface area contributed by atoms with E-state index in [9.17, 15) is 4.79 Å². The van der Waals surface area contributed by atoms with E-state index in [-0.39, 0.29) is 18.9 Å². The van der Waals surface area contributed by atoms with E-state index in [4.69, 9.17) is 14.6 Å². The third-order valence-electron chi connectivity index (χ3n) is 6.07. The summed E-state index contributed by atoms with van der Waals surface area (Å²) < 4.78 is 13.5. The number of carbonyl (C=O) groups is 1. The van der Waals surface area contributed by atoms with Crippen molar-refractivity contribution in [3.8, 4) is 11.3 Å². The summed E-state index contributed by atoms with van der Waals surface area (Å²) in [5, 5.41) is 8.97. The zero-order valence-corrected chi connectivity index (χ0v) is 17.8. The van der Waals surface area contributed by atoms with Gasteiger partial charge in [0.1, 0.15) is 12.3 Å². The number of amides is 1. The highest BCUT2D eigenvalue weighted by Gasteiger charge is 2.22. The molecule has 162 valence electrons. The second-order valence-electron chi connectivity index (χ2n) is 8.29. The highest BCUT2D eigenvalue weighted by molar-refractivity contribution is 5.95. The number of nitrogens with one attached hydrogen (secondary N) is 1. The number of nitrogens with zero attached hydrogens (tertiary/aromatic N) is 3. The van der Waals surface area contributed by atoms with Crippen molar-refractivity contribution in [2.24, 2.45) is 0 Å². The second-order valence-corrected chi connectivity index (χ2v) is 8.29. The van der Waals surface area contributed by atoms with Crippen LogP contribution in [0.5, 0.6) is 0 Å².